The van der Waals surface area contributed by atoms with Crippen LogP contribution in [0.15, 0.2) is 41.3 Å². The molecule has 22 heavy (non-hydrogen) atoms. The molecule has 1 aromatic rings. The lowest BCUT2D eigenvalue weighted by Crippen LogP contribution is -2.46. The number of carboxylic acids is 1. The van der Waals surface area contributed by atoms with Crippen molar-refractivity contribution in [3.05, 3.63) is 36.4 Å². The van der Waals surface area contributed by atoms with Gasteiger partial charge in [0.15, 0.2) is 0 Å². The van der Waals surface area contributed by atoms with E-state index in [-0.39, 0.29) is 24.0 Å². The van der Waals surface area contributed by atoms with E-state index >= 15 is 0 Å². The zero-order valence-corrected chi connectivity index (χ0v) is 13.3. The molecular formula is C15H19NO5S. The molecule has 1 N–H and O–H groups in total. The van der Waals surface area contributed by atoms with Gasteiger partial charge in [-0.15, -0.1) is 0 Å². The van der Waals surface area contributed by atoms with E-state index in [9.17, 15) is 18.3 Å². The van der Waals surface area contributed by atoms with Crippen molar-refractivity contribution in [3.8, 4) is 5.75 Å². The predicted molar refractivity (Wildman–Crippen MR) is 81.3 cm³/mol. The number of hydrogen-bond donors (Lipinski definition) is 1. The van der Waals surface area contributed by atoms with E-state index in [2.05, 4.69) is 0 Å². The molecule has 0 spiro atoms. The van der Waals surface area contributed by atoms with E-state index in [0.717, 1.165) is 4.31 Å². The summed E-state index contributed by atoms with van der Waals surface area (Å²) in [5.41, 5.74) is 0. The van der Waals surface area contributed by atoms with Crippen LogP contribution in [0.4, 0.5) is 0 Å². The number of ether oxygens (including phenoxy) is 1. The highest BCUT2D eigenvalue weighted by atomic mass is 32.2. The molecule has 120 valence electrons. The zero-order chi connectivity index (χ0) is 16.3. The van der Waals surface area contributed by atoms with Crippen molar-refractivity contribution in [3.63, 3.8) is 0 Å². The lowest BCUT2D eigenvalue weighted by molar-refractivity contribution is -0.141. The fourth-order valence-corrected chi connectivity index (χ4v) is 3.78. The van der Waals surface area contributed by atoms with Crippen molar-refractivity contribution in [2.24, 2.45) is 0 Å². The topological polar surface area (TPSA) is 83.9 Å². The second kappa shape index (κ2) is 6.50. The normalized spacial score (nSPS) is 19.3. The van der Waals surface area contributed by atoms with Gasteiger partial charge in [-0.3, -0.25) is 4.79 Å². The molecule has 1 aromatic carbocycles. The SMILES string of the molecule is CC(C)Oc1ccc(S(=O)(=O)N2CC=CCC2C(=O)O)cc1. The Morgan fingerprint density at radius 1 is 1.27 bits per heavy atom. The van der Waals surface area contributed by atoms with E-state index in [1.165, 1.54) is 12.1 Å². The molecule has 0 amide bonds. The molecular weight excluding hydrogens is 306 g/mol. The van der Waals surface area contributed by atoms with Gasteiger partial charge in [-0.05, 0) is 44.5 Å². The van der Waals surface area contributed by atoms with Crippen LogP contribution >= 0.6 is 0 Å². The molecule has 0 fully saturated rings. The minimum absolute atomic E-state index is 0.00826. The lowest BCUT2D eigenvalue weighted by Gasteiger charge is -2.29. The summed E-state index contributed by atoms with van der Waals surface area (Å²) in [7, 11) is -3.86. The van der Waals surface area contributed by atoms with Gasteiger partial charge in [0.1, 0.15) is 11.8 Å². The number of nitrogens with zero attached hydrogens (tertiary/aromatic N) is 1. The van der Waals surface area contributed by atoms with E-state index in [1.807, 2.05) is 13.8 Å². The maximum atomic E-state index is 12.6. The Hall–Kier alpha value is -1.86. The van der Waals surface area contributed by atoms with E-state index in [1.54, 1.807) is 24.3 Å². The van der Waals surface area contributed by atoms with E-state index < -0.39 is 22.0 Å². The summed E-state index contributed by atoms with van der Waals surface area (Å²) in [6.07, 6.45) is 3.51. The third-order valence-corrected chi connectivity index (χ3v) is 5.14. The molecule has 1 heterocycles. The molecule has 0 aromatic heterocycles. The summed E-state index contributed by atoms with van der Waals surface area (Å²) < 4.78 is 31.7. The number of carboxylic acid groups (broad SMARTS) is 1. The van der Waals surface area contributed by atoms with Gasteiger partial charge < -0.3 is 9.84 Å². The van der Waals surface area contributed by atoms with Crippen molar-refractivity contribution in [2.75, 3.05) is 6.54 Å². The lowest BCUT2D eigenvalue weighted by atomic mass is 10.1. The van der Waals surface area contributed by atoms with Crippen LogP contribution in [0, 0.1) is 0 Å². The average Bonchev–Trinajstić information content (AvgIpc) is 2.47. The van der Waals surface area contributed by atoms with Crippen molar-refractivity contribution in [1.29, 1.82) is 0 Å². The highest BCUT2D eigenvalue weighted by Crippen LogP contribution is 2.24. The Kier molecular flexibility index (Phi) is 4.87. The van der Waals surface area contributed by atoms with Gasteiger partial charge in [0, 0.05) is 6.54 Å². The first-order valence-corrected chi connectivity index (χ1v) is 8.42. The third-order valence-electron chi connectivity index (χ3n) is 3.25. The number of hydrogen-bond acceptors (Lipinski definition) is 4. The molecule has 1 atom stereocenters. The first kappa shape index (κ1) is 16.5. The average molecular weight is 325 g/mol. The molecule has 7 heteroatoms. The van der Waals surface area contributed by atoms with Gasteiger partial charge in [0.25, 0.3) is 0 Å². The number of benzene rings is 1. The molecule has 2 rings (SSSR count). The van der Waals surface area contributed by atoms with Gasteiger partial charge in [0.2, 0.25) is 10.0 Å². The first-order chi connectivity index (χ1) is 10.3. The zero-order valence-electron chi connectivity index (χ0n) is 12.5. The molecule has 0 aliphatic carbocycles. The molecule has 1 aliphatic heterocycles. The second-order valence-electron chi connectivity index (χ2n) is 5.27. The summed E-state index contributed by atoms with van der Waals surface area (Å²) in [6, 6.07) is 4.95. The monoisotopic (exact) mass is 325 g/mol. The van der Waals surface area contributed by atoms with Crippen LogP contribution in [0.2, 0.25) is 0 Å². The molecule has 1 aliphatic rings. The largest absolute Gasteiger partial charge is 0.491 e. The van der Waals surface area contributed by atoms with Gasteiger partial charge in [-0.1, -0.05) is 12.2 Å². The van der Waals surface area contributed by atoms with E-state index in [4.69, 9.17) is 4.74 Å². The maximum absolute atomic E-state index is 12.6. The van der Waals surface area contributed by atoms with Crippen molar-refractivity contribution < 1.29 is 23.1 Å². The van der Waals surface area contributed by atoms with Gasteiger partial charge in [-0.25, -0.2) is 8.42 Å². The summed E-state index contributed by atoms with van der Waals surface area (Å²) in [5.74, 6) is -0.574. The van der Waals surface area contributed by atoms with Gasteiger partial charge >= 0.3 is 5.97 Å². The highest BCUT2D eigenvalue weighted by molar-refractivity contribution is 7.89. The Labute approximate surface area is 130 Å². The molecule has 6 nitrogen and oxygen atoms in total. The number of aliphatic carboxylic acids is 1. The Balaban J connectivity index is 2.29. The van der Waals surface area contributed by atoms with Crippen LogP contribution in [-0.4, -0.2) is 42.5 Å². The van der Waals surface area contributed by atoms with Crippen LogP contribution in [0.5, 0.6) is 5.75 Å². The second-order valence-corrected chi connectivity index (χ2v) is 7.16. The summed E-state index contributed by atoms with van der Waals surface area (Å²) in [6.45, 7) is 3.81. The highest BCUT2D eigenvalue weighted by Gasteiger charge is 2.36. The molecule has 0 bridgehead atoms. The van der Waals surface area contributed by atoms with Crippen LogP contribution in [0.25, 0.3) is 0 Å². The minimum Gasteiger partial charge on any atom is -0.491 e. The fraction of sp³-hybridized carbons (Fsp3) is 0.400. The summed E-state index contributed by atoms with van der Waals surface area (Å²) >= 11 is 0. The number of rotatable bonds is 5. The van der Waals surface area contributed by atoms with Crippen LogP contribution < -0.4 is 4.74 Å². The Morgan fingerprint density at radius 2 is 1.91 bits per heavy atom. The molecule has 0 saturated carbocycles. The molecule has 0 saturated heterocycles. The molecule has 0 radical (unpaired) electrons. The smallest absolute Gasteiger partial charge is 0.322 e. The quantitative estimate of drug-likeness (QED) is 0.836. The first-order valence-electron chi connectivity index (χ1n) is 6.98. The van der Waals surface area contributed by atoms with Crippen molar-refractivity contribution in [2.45, 2.75) is 37.3 Å². The fourth-order valence-electron chi connectivity index (χ4n) is 2.24. The van der Waals surface area contributed by atoms with Crippen LogP contribution in [-0.2, 0) is 14.8 Å². The maximum Gasteiger partial charge on any atom is 0.322 e. The third kappa shape index (κ3) is 3.48. The Bertz CT molecular complexity index is 664. The van der Waals surface area contributed by atoms with Crippen molar-refractivity contribution in [1.82, 2.24) is 4.31 Å². The predicted octanol–water partition coefficient (Wildman–Crippen LogP) is 1.88. The number of sulfonamides is 1. The van der Waals surface area contributed by atoms with Gasteiger partial charge in [0.05, 0.1) is 11.0 Å². The molecule has 1 unspecified atom stereocenters. The van der Waals surface area contributed by atoms with Gasteiger partial charge in [-0.2, -0.15) is 4.31 Å². The Morgan fingerprint density at radius 3 is 2.45 bits per heavy atom. The minimum atomic E-state index is -3.86. The van der Waals surface area contributed by atoms with Crippen LogP contribution in [0.1, 0.15) is 20.3 Å². The number of carbonyl (C=O) groups is 1. The van der Waals surface area contributed by atoms with E-state index in [0.29, 0.717) is 5.75 Å². The standard InChI is InChI=1S/C15H19NO5S/c1-11(2)21-12-6-8-13(9-7-12)22(19,20)16-10-4-3-5-14(16)15(17)18/h3-4,6-9,11,14H,5,10H2,1-2H3,(H,17,18). The summed E-state index contributed by atoms with van der Waals surface area (Å²) in [4.78, 5) is 11.3. The van der Waals surface area contributed by atoms with Crippen LogP contribution in [0.3, 0.4) is 0 Å². The van der Waals surface area contributed by atoms with Crippen molar-refractivity contribution >= 4 is 16.0 Å². The summed E-state index contributed by atoms with van der Waals surface area (Å²) in [5, 5.41) is 9.20.